The minimum absolute atomic E-state index is 0.0157. The van der Waals surface area contributed by atoms with Crippen molar-refractivity contribution in [2.24, 2.45) is 5.73 Å². The minimum Gasteiger partial charge on any atom is -0.423 e. The Morgan fingerprint density at radius 2 is 1.67 bits per heavy atom. The van der Waals surface area contributed by atoms with Crippen molar-refractivity contribution in [3.05, 3.63) is 71.2 Å². The Kier molecular flexibility index (Phi) is 6.44. The summed E-state index contributed by atoms with van der Waals surface area (Å²) in [7, 11) is -4.45. The number of sulfonamides is 1. The van der Waals surface area contributed by atoms with Gasteiger partial charge in [0.1, 0.15) is 5.82 Å². The molecule has 2 heterocycles. The van der Waals surface area contributed by atoms with Crippen LogP contribution in [0.25, 0.3) is 0 Å². The fourth-order valence-electron chi connectivity index (χ4n) is 4.72. The smallest absolute Gasteiger partial charge is 0.404 e. The molecule has 0 spiro atoms. The van der Waals surface area contributed by atoms with Crippen LogP contribution < -0.4 is 10.0 Å². The van der Waals surface area contributed by atoms with Gasteiger partial charge in [-0.1, -0.05) is 12.1 Å². The Hall–Kier alpha value is -3.20. The van der Waals surface area contributed by atoms with Crippen LogP contribution in [0.2, 0.25) is 0 Å². The van der Waals surface area contributed by atoms with Crippen LogP contribution in [0.3, 0.4) is 0 Å². The lowest BCUT2D eigenvalue weighted by molar-refractivity contribution is -0.253. The summed E-state index contributed by atoms with van der Waals surface area (Å²) < 4.78 is 128. The molecule has 2 aliphatic rings. The third-order valence-corrected chi connectivity index (χ3v) is 8.75. The number of nitrogens with two attached hydrogens (primary N) is 1. The number of alkyl halides is 6. The van der Waals surface area contributed by atoms with Crippen molar-refractivity contribution < 1.29 is 43.6 Å². The molecule has 210 valence electrons. The van der Waals surface area contributed by atoms with E-state index in [-0.39, 0.29) is 47.2 Å². The van der Waals surface area contributed by atoms with Crippen molar-refractivity contribution in [1.82, 2.24) is 10.2 Å². The van der Waals surface area contributed by atoms with Crippen molar-refractivity contribution in [3.63, 3.8) is 0 Å². The van der Waals surface area contributed by atoms with Gasteiger partial charge in [0.2, 0.25) is 11.8 Å². The number of aromatic nitrogens is 2. The van der Waals surface area contributed by atoms with E-state index >= 15 is 0 Å². The maximum Gasteiger partial charge on any atom is 0.404 e. The maximum absolute atomic E-state index is 13.7. The third-order valence-electron chi connectivity index (χ3n) is 6.87. The summed E-state index contributed by atoms with van der Waals surface area (Å²) in [6, 6.07) is 5.28. The third kappa shape index (κ3) is 5.21. The summed E-state index contributed by atoms with van der Waals surface area (Å²) in [5.41, 5.74) is 4.16. The second-order valence-corrected chi connectivity index (χ2v) is 11.5. The number of fused-ring (bicyclic) bond motifs is 1. The second kappa shape index (κ2) is 9.18. The van der Waals surface area contributed by atoms with Gasteiger partial charge in [-0.3, -0.25) is 4.31 Å². The molecule has 5 rings (SSSR count). The fraction of sp³-hybridized carbons (Fsp3) is 0.417. The van der Waals surface area contributed by atoms with Gasteiger partial charge in [0.15, 0.2) is 5.92 Å². The number of benzene rings is 2. The summed E-state index contributed by atoms with van der Waals surface area (Å²) in [6.07, 6.45) is -10.1. The van der Waals surface area contributed by atoms with E-state index in [1.807, 2.05) is 0 Å². The summed E-state index contributed by atoms with van der Waals surface area (Å²) in [5.74, 6) is -4.18. The Morgan fingerprint density at radius 3 is 2.26 bits per heavy atom. The highest BCUT2D eigenvalue weighted by molar-refractivity contribution is 7.92. The zero-order valence-corrected chi connectivity index (χ0v) is 20.7. The second-order valence-electron chi connectivity index (χ2n) is 9.71. The number of aryl methyl sites for hydroxylation is 1. The lowest BCUT2D eigenvalue weighted by Gasteiger charge is -2.38. The van der Waals surface area contributed by atoms with E-state index in [0.29, 0.717) is 18.9 Å². The van der Waals surface area contributed by atoms with E-state index < -0.39 is 51.3 Å². The maximum atomic E-state index is 13.7. The van der Waals surface area contributed by atoms with Gasteiger partial charge in [0.25, 0.3) is 10.0 Å². The first-order valence-corrected chi connectivity index (χ1v) is 13.2. The molecule has 1 aliphatic carbocycles. The molecule has 2 aromatic carbocycles. The molecule has 3 aromatic rings. The van der Waals surface area contributed by atoms with Gasteiger partial charge in [0, 0.05) is 6.42 Å². The van der Waals surface area contributed by atoms with Gasteiger partial charge >= 0.3 is 12.4 Å². The molecule has 0 saturated heterocycles. The topological polar surface area (TPSA) is 102 Å². The lowest BCUT2D eigenvalue weighted by Crippen LogP contribution is -2.45. The highest BCUT2D eigenvalue weighted by Gasteiger charge is 2.57. The SMILES string of the molecule is NC1(c2nnc(C[C@@H]3CCc4cc(C(C(F)(F)F)C(F)(F)F)ccc4N3S(=O)(=O)c3ccc(F)cc3)o2)CC1. The quantitative estimate of drug-likeness (QED) is 0.408. The average molecular weight is 579 g/mol. The van der Waals surface area contributed by atoms with Gasteiger partial charge in [0.05, 0.1) is 22.2 Å². The van der Waals surface area contributed by atoms with E-state index in [2.05, 4.69) is 10.2 Å². The first kappa shape index (κ1) is 27.4. The van der Waals surface area contributed by atoms with Crippen molar-refractivity contribution in [3.8, 4) is 0 Å². The van der Waals surface area contributed by atoms with Crippen LogP contribution in [-0.2, 0) is 28.4 Å². The van der Waals surface area contributed by atoms with Crippen molar-refractivity contribution in [2.45, 2.75) is 66.9 Å². The molecule has 0 radical (unpaired) electrons. The number of hydrogen-bond acceptors (Lipinski definition) is 6. The molecule has 0 amide bonds. The molecule has 1 aromatic heterocycles. The van der Waals surface area contributed by atoms with E-state index in [9.17, 15) is 39.2 Å². The van der Waals surface area contributed by atoms with Crippen molar-refractivity contribution >= 4 is 15.7 Å². The van der Waals surface area contributed by atoms with Gasteiger partial charge in [-0.15, -0.1) is 10.2 Å². The van der Waals surface area contributed by atoms with E-state index in [1.54, 1.807) is 0 Å². The van der Waals surface area contributed by atoms with E-state index in [4.69, 9.17) is 10.2 Å². The summed E-state index contributed by atoms with van der Waals surface area (Å²) in [6.45, 7) is 0. The molecule has 1 saturated carbocycles. The molecule has 39 heavy (non-hydrogen) atoms. The molecule has 1 atom stereocenters. The van der Waals surface area contributed by atoms with Crippen molar-refractivity contribution in [2.75, 3.05) is 4.31 Å². The highest BCUT2D eigenvalue weighted by Crippen LogP contribution is 2.48. The Morgan fingerprint density at radius 1 is 1.03 bits per heavy atom. The largest absolute Gasteiger partial charge is 0.423 e. The predicted octanol–water partition coefficient (Wildman–Crippen LogP) is 5.12. The zero-order valence-electron chi connectivity index (χ0n) is 19.9. The highest BCUT2D eigenvalue weighted by atomic mass is 32.2. The summed E-state index contributed by atoms with van der Waals surface area (Å²) in [4.78, 5) is -0.320. The van der Waals surface area contributed by atoms with Crippen LogP contribution in [-0.4, -0.2) is 37.0 Å². The molecule has 0 unspecified atom stereocenters. The Balaban J connectivity index is 1.57. The Bertz CT molecular complexity index is 1470. The molecule has 0 bridgehead atoms. The molecule has 2 N–H and O–H groups in total. The first-order chi connectivity index (χ1) is 18.1. The Labute approximate surface area is 217 Å². The monoisotopic (exact) mass is 578 g/mol. The fourth-order valence-corrected chi connectivity index (χ4v) is 6.43. The standard InChI is InChI=1S/C24H21F7N4O3S/c25-15-3-6-17(7-4-15)39(36,37)35-16(12-19-33-34-21(38-19)22(32)9-10-22)5-1-13-11-14(2-8-18(13)35)20(23(26,27)28)24(29,30)31/h2-4,6-8,11,16,20H,1,5,9-10,12,32H2/t16-/m0/s1. The van der Waals surface area contributed by atoms with E-state index in [0.717, 1.165) is 40.7 Å². The number of nitrogens with zero attached hydrogens (tertiary/aromatic N) is 3. The van der Waals surface area contributed by atoms with Gasteiger partial charge in [-0.25, -0.2) is 12.8 Å². The molecule has 1 fully saturated rings. The number of anilines is 1. The lowest BCUT2D eigenvalue weighted by atomic mass is 9.90. The summed E-state index contributed by atoms with van der Waals surface area (Å²) in [5, 5.41) is 7.87. The average Bonchev–Trinajstić information content (AvgIpc) is 3.39. The zero-order chi connectivity index (χ0) is 28.4. The van der Waals surface area contributed by atoms with Crippen LogP contribution in [0.15, 0.2) is 51.8 Å². The molecule has 15 heteroatoms. The van der Waals surface area contributed by atoms with Crippen LogP contribution in [0.1, 0.15) is 48.1 Å². The minimum atomic E-state index is -5.61. The normalized spacial score (nSPS) is 19.3. The molecular formula is C24H21F7N4O3S. The van der Waals surface area contributed by atoms with Crippen molar-refractivity contribution in [1.29, 1.82) is 0 Å². The predicted molar refractivity (Wildman–Crippen MR) is 123 cm³/mol. The number of hydrogen-bond donors (Lipinski definition) is 1. The van der Waals surface area contributed by atoms with Gasteiger partial charge in [-0.2, -0.15) is 26.3 Å². The molecule has 7 nitrogen and oxygen atoms in total. The van der Waals surface area contributed by atoms with Gasteiger partial charge in [-0.05, 0) is 67.1 Å². The molecular weight excluding hydrogens is 557 g/mol. The van der Waals surface area contributed by atoms with Crippen LogP contribution in [0.4, 0.5) is 36.4 Å². The van der Waals surface area contributed by atoms with Crippen LogP contribution in [0.5, 0.6) is 0 Å². The first-order valence-electron chi connectivity index (χ1n) is 11.8. The number of halogens is 7. The van der Waals surface area contributed by atoms with E-state index in [1.165, 1.54) is 0 Å². The summed E-state index contributed by atoms with van der Waals surface area (Å²) >= 11 is 0. The number of rotatable bonds is 6. The van der Waals surface area contributed by atoms with Crippen LogP contribution in [0, 0.1) is 5.82 Å². The van der Waals surface area contributed by atoms with Crippen LogP contribution >= 0.6 is 0 Å². The van der Waals surface area contributed by atoms with Gasteiger partial charge < -0.3 is 10.2 Å². The molecule has 1 aliphatic heterocycles.